The highest BCUT2D eigenvalue weighted by Gasteiger charge is 2.29. The van der Waals surface area contributed by atoms with Crippen LogP contribution in [0.5, 0.6) is 5.75 Å². The van der Waals surface area contributed by atoms with E-state index in [1.807, 2.05) is 6.92 Å². The molecular formula is C27H36INO8S. The van der Waals surface area contributed by atoms with Gasteiger partial charge < -0.3 is 19.5 Å². The molecule has 1 atom stereocenters. The molecule has 0 fully saturated rings. The molecule has 0 aliphatic carbocycles. The Morgan fingerprint density at radius 1 is 0.921 bits per heavy atom. The molecule has 2 aromatic carbocycles. The molecule has 2 rings (SSSR count). The SMILES string of the molecule is Cc1ccc(S(=O)(=O)OCCOc2ccc(I)c(C[C@H](NC(=O)OC(C)(C)C)C(=O)OC(C)(C)C)c2)cc1. The van der Waals surface area contributed by atoms with Crippen molar-refractivity contribution in [3.05, 3.63) is 57.2 Å². The van der Waals surface area contributed by atoms with Crippen LogP contribution in [0, 0.1) is 10.5 Å². The number of hydrogen-bond acceptors (Lipinski definition) is 8. The van der Waals surface area contributed by atoms with Gasteiger partial charge in [0.2, 0.25) is 0 Å². The summed E-state index contributed by atoms with van der Waals surface area (Å²) >= 11 is 2.13. The van der Waals surface area contributed by atoms with Gasteiger partial charge in [-0.3, -0.25) is 4.18 Å². The Labute approximate surface area is 238 Å². The first-order valence-corrected chi connectivity index (χ1v) is 14.5. The predicted molar refractivity (Wildman–Crippen MR) is 152 cm³/mol. The molecule has 2 aromatic rings. The third-order valence-electron chi connectivity index (χ3n) is 4.72. The van der Waals surface area contributed by atoms with Gasteiger partial charge in [0, 0.05) is 9.99 Å². The minimum Gasteiger partial charge on any atom is -0.491 e. The Kier molecular flexibility index (Phi) is 11.0. The van der Waals surface area contributed by atoms with Crippen molar-refractivity contribution in [3.63, 3.8) is 0 Å². The standard InChI is InChI=1S/C27H36INO8S/c1-18-8-11-21(12-9-18)38(32,33)35-15-14-34-20-10-13-22(28)19(16-20)17-23(24(30)36-26(2,3)4)29-25(31)37-27(5,6)7/h8-13,16,23H,14-15,17H2,1-7H3,(H,29,31)/t23-/m0/s1. The van der Waals surface area contributed by atoms with Crippen LogP contribution in [-0.2, 0) is 35.0 Å². The van der Waals surface area contributed by atoms with Crippen molar-refractivity contribution in [2.24, 2.45) is 0 Å². The summed E-state index contributed by atoms with van der Waals surface area (Å²) in [6.45, 7) is 12.1. The topological polar surface area (TPSA) is 117 Å². The molecule has 210 valence electrons. The number of carbonyl (C=O) groups is 2. The first-order valence-electron chi connectivity index (χ1n) is 12.0. The fourth-order valence-electron chi connectivity index (χ4n) is 3.11. The van der Waals surface area contributed by atoms with Crippen molar-refractivity contribution < 1.29 is 36.4 Å². The smallest absolute Gasteiger partial charge is 0.408 e. The lowest BCUT2D eigenvalue weighted by Crippen LogP contribution is -2.47. The van der Waals surface area contributed by atoms with E-state index in [0.29, 0.717) is 5.75 Å². The number of carbonyl (C=O) groups excluding carboxylic acids is 2. The van der Waals surface area contributed by atoms with Crippen LogP contribution < -0.4 is 10.1 Å². The third kappa shape index (κ3) is 11.2. The Bertz CT molecular complexity index is 1220. The summed E-state index contributed by atoms with van der Waals surface area (Å²) in [5, 5.41) is 2.61. The van der Waals surface area contributed by atoms with Crippen LogP contribution in [0.25, 0.3) is 0 Å². The van der Waals surface area contributed by atoms with E-state index in [-0.39, 0.29) is 24.5 Å². The van der Waals surface area contributed by atoms with Crippen molar-refractivity contribution in [1.82, 2.24) is 5.32 Å². The zero-order valence-electron chi connectivity index (χ0n) is 22.8. The maximum Gasteiger partial charge on any atom is 0.408 e. The largest absolute Gasteiger partial charge is 0.491 e. The van der Waals surface area contributed by atoms with Crippen LogP contribution in [0.4, 0.5) is 4.79 Å². The zero-order valence-corrected chi connectivity index (χ0v) is 25.8. The van der Waals surface area contributed by atoms with Crippen molar-refractivity contribution in [2.75, 3.05) is 13.2 Å². The lowest BCUT2D eigenvalue weighted by molar-refractivity contribution is -0.157. The number of hydrogen-bond donors (Lipinski definition) is 1. The van der Waals surface area contributed by atoms with Crippen molar-refractivity contribution in [3.8, 4) is 5.75 Å². The molecule has 1 N–H and O–H groups in total. The molecule has 0 spiro atoms. The minimum atomic E-state index is -3.90. The zero-order chi connectivity index (χ0) is 28.7. The number of esters is 1. The first-order chi connectivity index (χ1) is 17.4. The van der Waals surface area contributed by atoms with Gasteiger partial charge in [0.05, 0.1) is 4.90 Å². The summed E-state index contributed by atoms with van der Waals surface area (Å²) in [6, 6.07) is 10.6. The average Bonchev–Trinajstić information content (AvgIpc) is 2.76. The highest BCUT2D eigenvalue weighted by atomic mass is 127. The fraction of sp³-hybridized carbons (Fsp3) is 0.481. The second-order valence-corrected chi connectivity index (χ2v) is 13.4. The molecule has 0 aliphatic heterocycles. The average molecular weight is 662 g/mol. The highest BCUT2D eigenvalue weighted by molar-refractivity contribution is 14.1. The van der Waals surface area contributed by atoms with Crippen LogP contribution in [0.1, 0.15) is 52.7 Å². The van der Waals surface area contributed by atoms with Crippen LogP contribution >= 0.6 is 22.6 Å². The van der Waals surface area contributed by atoms with Gasteiger partial charge in [-0.05, 0) is 107 Å². The molecule has 11 heteroatoms. The minimum absolute atomic E-state index is 0.0171. The second kappa shape index (κ2) is 13.1. The van der Waals surface area contributed by atoms with Gasteiger partial charge in [-0.1, -0.05) is 17.7 Å². The van der Waals surface area contributed by atoms with E-state index in [9.17, 15) is 18.0 Å². The number of amides is 1. The number of halogens is 1. The van der Waals surface area contributed by atoms with Gasteiger partial charge in [0.15, 0.2) is 0 Å². The van der Waals surface area contributed by atoms with Crippen molar-refractivity contribution in [2.45, 2.75) is 77.0 Å². The van der Waals surface area contributed by atoms with Crippen LogP contribution in [0.3, 0.4) is 0 Å². The monoisotopic (exact) mass is 661 g/mol. The Morgan fingerprint density at radius 3 is 2.11 bits per heavy atom. The first kappa shape index (κ1) is 31.8. The second-order valence-electron chi connectivity index (χ2n) is 10.6. The Morgan fingerprint density at radius 2 is 1.53 bits per heavy atom. The van der Waals surface area contributed by atoms with Crippen LogP contribution in [-0.4, -0.2) is 50.9 Å². The highest BCUT2D eigenvalue weighted by Crippen LogP contribution is 2.23. The van der Waals surface area contributed by atoms with E-state index in [1.165, 1.54) is 12.1 Å². The van der Waals surface area contributed by atoms with E-state index < -0.39 is 39.4 Å². The molecule has 0 heterocycles. The van der Waals surface area contributed by atoms with Gasteiger partial charge >= 0.3 is 12.1 Å². The van der Waals surface area contributed by atoms with E-state index in [2.05, 4.69) is 27.9 Å². The molecular weight excluding hydrogens is 625 g/mol. The summed E-state index contributed by atoms with van der Waals surface area (Å²) in [7, 11) is -3.90. The van der Waals surface area contributed by atoms with Crippen LogP contribution in [0.2, 0.25) is 0 Å². The van der Waals surface area contributed by atoms with Crippen molar-refractivity contribution in [1.29, 1.82) is 0 Å². The van der Waals surface area contributed by atoms with E-state index in [0.717, 1.165) is 14.7 Å². The lowest BCUT2D eigenvalue weighted by atomic mass is 10.1. The van der Waals surface area contributed by atoms with Gasteiger partial charge in [0.25, 0.3) is 10.1 Å². The quantitative estimate of drug-likeness (QED) is 0.161. The number of aryl methyl sites for hydroxylation is 1. The Balaban J connectivity index is 2.08. The molecule has 38 heavy (non-hydrogen) atoms. The fourth-order valence-corrected chi connectivity index (χ4v) is 4.56. The lowest BCUT2D eigenvalue weighted by Gasteiger charge is -2.26. The number of alkyl carbamates (subject to hydrolysis) is 1. The Hall–Kier alpha value is -2.38. The molecule has 0 radical (unpaired) electrons. The van der Waals surface area contributed by atoms with Gasteiger partial charge in [-0.2, -0.15) is 8.42 Å². The van der Waals surface area contributed by atoms with E-state index in [4.69, 9.17) is 18.4 Å². The number of ether oxygens (including phenoxy) is 3. The molecule has 0 aliphatic rings. The van der Waals surface area contributed by atoms with Crippen molar-refractivity contribution >= 4 is 44.8 Å². The van der Waals surface area contributed by atoms with Gasteiger partial charge in [-0.15, -0.1) is 0 Å². The van der Waals surface area contributed by atoms with Gasteiger partial charge in [-0.25, -0.2) is 9.59 Å². The van der Waals surface area contributed by atoms with Crippen LogP contribution in [0.15, 0.2) is 47.4 Å². The number of benzene rings is 2. The molecule has 9 nitrogen and oxygen atoms in total. The molecule has 0 bridgehead atoms. The third-order valence-corrected chi connectivity index (χ3v) is 7.10. The summed E-state index contributed by atoms with van der Waals surface area (Å²) in [5.74, 6) is -0.142. The maximum atomic E-state index is 12.9. The summed E-state index contributed by atoms with van der Waals surface area (Å²) < 4.78 is 47.1. The number of rotatable bonds is 10. The van der Waals surface area contributed by atoms with E-state index >= 15 is 0 Å². The summed E-state index contributed by atoms with van der Waals surface area (Å²) in [4.78, 5) is 25.4. The molecule has 0 aromatic heterocycles. The molecule has 1 amide bonds. The molecule has 0 unspecified atom stereocenters. The molecule has 0 saturated heterocycles. The summed E-state index contributed by atoms with van der Waals surface area (Å²) in [6.07, 6.45) is -0.607. The normalized spacial score (nSPS) is 12.9. The number of nitrogens with one attached hydrogen (secondary N) is 1. The maximum absolute atomic E-state index is 12.9. The summed E-state index contributed by atoms with van der Waals surface area (Å²) in [5.41, 5.74) is 0.182. The van der Waals surface area contributed by atoms with Gasteiger partial charge in [0.1, 0.15) is 36.2 Å². The molecule has 0 saturated carbocycles. The predicted octanol–water partition coefficient (Wildman–Crippen LogP) is 5.16. The van der Waals surface area contributed by atoms with E-state index in [1.54, 1.807) is 71.9 Å².